The van der Waals surface area contributed by atoms with Crippen LogP contribution >= 0.6 is 0 Å². The van der Waals surface area contributed by atoms with Crippen LogP contribution in [-0.2, 0) is 11.3 Å². The van der Waals surface area contributed by atoms with Gasteiger partial charge < -0.3 is 15.8 Å². The van der Waals surface area contributed by atoms with E-state index in [1.54, 1.807) is 0 Å². The van der Waals surface area contributed by atoms with Gasteiger partial charge in [-0.2, -0.15) is 0 Å². The van der Waals surface area contributed by atoms with Gasteiger partial charge in [-0.25, -0.2) is 4.79 Å². The standard InChI is InChI=1S/C14H26N4O3/c1-6-21-14(4,5)8-16-10-11(15)18(7-9(2)3)13(20)17-12(10)19/h9,16H,6-8,15H2,1-5H3,(H,17,19,20). The molecule has 0 aromatic carbocycles. The summed E-state index contributed by atoms with van der Waals surface area (Å²) >= 11 is 0. The maximum atomic E-state index is 11.9. The van der Waals surface area contributed by atoms with Crippen molar-refractivity contribution in [2.24, 2.45) is 5.92 Å². The number of H-pyrrole nitrogens is 1. The average molecular weight is 298 g/mol. The van der Waals surface area contributed by atoms with E-state index in [1.807, 2.05) is 34.6 Å². The first-order valence-corrected chi connectivity index (χ1v) is 7.18. The van der Waals surface area contributed by atoms with Crippen molar-refractivity contribution >= 4 is 11.5 Å². The SMILES string of the molecule is CCOC(C)(C)CNc1c(N)n(CC(C)C)c(=O)[nH]c1=O. The number of aromatic amines is 1. The van der Waals surface area contributed by atoms with Crippen molar-refractivity contribution in [3.8, 4) is 0 Å². The Morgan fingerprint density at radius 3 is 2.52 bits per heavy atom. The molecule has 1 rings (SSSR count). The number of hydrogen-bond acceptors (Lipinski definition) is 5. The molecule has 0 bridgehead atoms. The second-order valence-corrected chi connectivity index (χ2v) is 6.07. The van der Waals surface area contributed by atoms with Gasteiger partial charge in [0.05, 0.1) is 5.60 Å². The van der Waals surface area contributed by atoms with E-state index >= 15 is 0 Å². The molecular weight excluding hydrogens is 272 g/mol. The van der Waals surface area contributed by atoms with Crippen molar-refractivity contribution in [1.82, 2.24) is 9.55 Å². The molecule has 1 aromatic heterocycles. The van der Waals surface area contributed by atoms with E-state index < -0.39 is 16.9 Å². The third-order valence-corrected chi connectivity index (χ3v) is 3.01. The third kappa shape index (κ3) is 4.63. The van der Waals surface area contributed by atoms with Crippen LogP contribution in [-0.4, -0.2) is 28.3 Å². The fourth-order valence-corrected chi connectivity index (χ4v) is 2.05. The van der Waals surface area contributed by atoms with Crippen molar-refractivity contribution in [2.45, 2.75) is 46.8 Å². The monoisotopic (exact) mass is 298 g/mol. The lowest BCUT2D eigenvalue weighted by Crippen LogP contribution is -2.38. The van der Waals surface area contributed by atoms with Crippen molar-refractivity contribution < 1.29 is 4.74 Å². The molecule has 0 unspecified atom stereocenters. The minimum atomic E-state index is -0.509. The molecule has 120 valence electrons. The van der Waals surface area contributed by atoms with Crippen LogP contribution in [0.3, 0.4) is 0 Å². The second-order valence-electron chi connectivity index (χ2n) is 6.07. The number of hydrogen-bond donors (Lipinski definition) is 3. The van der Waals surface area contributed by atoms with E-state index in [4.69, 9.17) is 10.5 Å². The van der Waals surface area contributed by atoms with Gasteiger partial charge in [-0.3, -0.25) is 14.3 Å². The van der Waals surface area contributed by atoms with E-state index in [-0.39, 0.29) is 17.4 Å². The molecule has 0 aliphatic carbocycles. The van der Waals surface area contributed by atoms with Gasteiger partial charge in [0.1, 0.15) is 11.5 Å². The fraction of sp³-hybridized carbons (Fsp3) is 0.714. The number of ether oxygens (including phenoxy) is 1. The number of nitrogen functional groups attached to an aromatic ring is 1. The Labute approximate surface area is 124 Å². The van der Waals surface area contributed by atoms with E-state index in [0.717, 1.165) is 0 Å². The summed E-state index contributed by atoms with van der Waals surface area (Å²) in [5, 5.41) is 2.99. The minimum absolute atomic E-state index is 0.157. The molecule has 0 fully saturated rings. The highest BCUT2D eigenvalue weighted by molar-refractivity contribution is 5.60. The maximum Gasteiger partial charge on any atom is 0.330 e. The summed E-state index contributed by atoms with van der Waals surface area (Å²) in [5.41, 5.74) is 4.75. The minimum Gasteiger partial charge on any atom is -0.383 e. The van der Waals surface area contributed by atoms with Gasteiger partial charge in [-0.05, 0) is 26.7 Å². The molecule has 0 radical (unpaired) electrons. The molecule has 7 nitrogen and oxygen atoms in total. The van der Waals surface area contributed by atoms with Gasteiger partial charge in [-0.1, -0.05) is 13.8 Å². The highest BCUT2D eigenvalue weighted by Gasteiger charge is 2.20. The van der Waals surface area contributed by atoms with Crippen LogP contribution in [0.5, 0.6) is 0 Å². The zero-order valence-corrected chi connectivity index (χ0v) is 13.4. The summed E-state index contributed by atoms with van der Waals surface area (Å²) in [6.07, 6.45) is 0. The zero-order valence-electron chi connectivity index (χ0n) is 13.4. The molecule has 0 saturated heterocycles. The zero-order chi connectivity index (χ0) is 16.2. The lowest BCUT2D eigenvalue weighted by atomic mass is 10.1. The van der Waals surface area contributed by atoms with Gasteiger partial charge in [-0.15, -0.1) is 0 Å². The molecule has 1 heterocycles. The maximum absolute atomic E-state index is 11.9. The van der Waals surface area contributed by atoms with Gasteiger partial charge in [0.25, 0.3) is 5.56 Å². The average Bonchev–Trinajstić information content (AvgIpc) is 2.33. The van der Waals surface area contributed by atoms with E-state index in [2.05, 4.69) is 10.3 Å². The Bertz CT molecular complexity index is 587. The van der Waals surface area contributed by atoms with Crippen LogP contribution in [0.15, 0.2) is 9.59 Å². The lowest BCUT2D eigenvalue weighted by molar-refractivity contribution is 0.000686. The van der Waals surface area contributed by atoms with Gasteiger partial charge in [0.2, 0.25) is 0 Å². The third-order valence-electron chi connectivity index (χ3n) is 3.01. The predicted molar refractivity (Wildman–Crippen MR) is 84.8 cm³/mol. The molecule has 0 saturated carbocycles. The molecule has 21 heavy (non-hydrogen) atoms. The highest BCUT2D eigenvalue weighted by Crippen LogP contribution is 2.15. The van der Waals surface area contributed by atoms with Crippen molar-refractivity contribution in [3.63, 3.8) is 0 Å². The van der Waals surface area contributed by atoms with Gasteiger partial charge >= 0.3 is 5.69 Å². The van der Waals surface area contributed by atoms with Crippen LogP contribution in [0.1, 0.15) is 34.6 Å². The number of anilines is 2. The first-order chi connectivity index (χ1) is 9.68. The van der Waals surface area contributed by atoms with Crippen molar-refractivity contribution in [3.05, 3.63) is 20.8 Å². The summed E-state index contributed by atoms with van der Waals surface area (Å²) in [4.78, 5) is 26.0. The first kappa shape index (κ1) is 17.3. The molecule has 4 N–H and O–H groups in total. The van der Waals surface area contributed by atoms with Crippen LogP contribution in [0.25, 0.3) is 0 Å². The fourth-order valence-electron chi connectivity index (χ4n) is 2.05. The summed E-state index contributed by atoms with van der Waals surface area (Å²) in [6, 6.07) is 0. The Morgan fingerprint density at radius 2 is 2.00 bits per heavy atom. The van der Waals surface area contributed by atoms with Crippen LogP contribution in [0, 0.1) is 5.92 Å². The normalized spacial score (nSPS) is 11.9. The first-order valence-electron chi connectivity index (χ1n) is 7.18. The number of nitrogens with one attached hydrogen (secondary N) is 2. The van der Waals surface area contributed by atoms with Crippen LogP contribution in [0.2, 0.25) is 0 Å². The molecule has 7 heteroatoms. The topological polar surface area (TPSA) is 102 Å². The summed E-state index contributed by atoms with van der Waals surface area (Å²) in [5.74, 6) is 0.397. The Hall–Kier alpha value is -1.76. The molecule has 1 aromatic rings. The van der Waals surface area contributed by atoms with Crippen LogP contribution < -0.4 is 22.3 Å². The highest BCUT2D eigenvalue weighted by atomic mass is 16.5. The molecule has 0 aliphatic heterocycles. The smallest absolute Gasteiger partial charge is 0.330 e. The summed E-state index contributed by atoms with van der Waals surface area (Å²) in [6.45, 7) is 11.1. The second kappa shape index (κ2) is 6.80. The lowest BCUT2D eigenvalue weighted by Gasteiger charge is -2.26. The van der Waals surface area contributed by atoms with Crippen molar-refractivity contribution in [2.75, 3.05) is 24.2 Å². The predicted octanol–water partition coefficient (Wildman–Crippen LogP) is 1.00. The van der Waals surface area contributed by atoms with Gasteiger partial charge in [0.15, 0.2) is 0 Å². The number of nitrogens with zero attached hydrogens (tertiary/aromatic N) is 1. The Kier molecular flexibility index (Phi) is 5.60. The van der Waals surface area contributed by atoms with E-state index in [1.165, 1.54) is 4.57 Å². The summed E-state index contributed by atoms with van der Waals surface area (Å²) < 4.78 is 6.94. The van der Waals surface area contributed by atoms with E-state index in [0.29, 0.717) is 19.7 Å². The molecule has 0 amide bonds. The molecular formula is C14H26N4O3. The molecule has 0 spiro atoms. The molecule has 0 atom stereocenters. The summed E-state index contributed by atoms with van der Waals surface area (Å²) in [7, 11) is 0. The van der Waals surface area contributed by atoms with Gasteiger partial charge in [0, 0.05) is 19.7 Å². The Balaban J connectivity index is 3.08. The largest absolute Gasteiger partial charge is 0.383 e. The van der Waals surface area contributed by atoms with Crippen molar-refractivity contribution in [1.29, 1.82) is 0 Å². The number of nitrogens with two attached hydrogens (primary N) is 1. The number of rotatable bonds is 7. The molecule has 0 aliphatic rings. The van der Waals surface area contributed by atoms with E-state index in [9.17, 15) is 9.59 Å². The Morgan fingerprint density at radius 1 is 1.38 bits per heavy atom. The number of aromatic nitrogens is 2. The quantitative estimate of drug-likeness (QED) is 0.697. The van der Waals surface area contributed by atoms with Crippen LogP contribution in [0.4, 0.5) is 11.5 Å².